The third-order valence-corrected chi connectivity index (χ3v) is 8.46. The lowest BCUT2D eigenvalue weighted by Gasteiger charge is -2.39. The van der Waals surface area contributed by atoms with Gasteiger partial charge in [-0.3, -0.25) is 27.3 Å². The highest BCUT2D eigenvalue weighted by molar-refractivity contribution is 7.99. The number of benzene rings is 2. The van der Waals surface area contributed by atoms with E-state index in [9.17, 15) is 21.9 Å². The highest BCUT2D eigenvalue weighted by Gasteiger charge is 2.30. The summed E-state index contributed by atoms with van der Waals surface area (Å²) in [6, 6.07) is 13.1. The van der Waals surface area contributed by atoms with Gasteiger partial charge in [0.15, 0.2) is 0 Å². The standard InChI is InChI=1S/C20H22Cl2N2OS.2CH4O4S.H2O/c21-16-11-14-12-18(24-7-5-23(6-8-24)9-10-25)15-3-1-2-4-19(15)26-20(14)13-17(16)22;2*1-5-6(2,3)4;/h1-4,11,13,18,25H,5-10,12H2;2*1H3,(H,2,3,4);1H2. The quantitative estimate of drug-likeness (QED) is 0.402. The van der Waals surface area contributed by atoms with Crippen LogP contribution in [-0.4, -0.2) is 99.9 Å². The molecule has 2 aliphatic rings. The molecule has 0 spiro atoms. The van der Waals surface area contributed by atoms with Crippen molar-refractivity contribution < 1.29 is 44.9 Å². The maximum absolute atomic E-state index is 9.33. The van der Waals surface area contributed by atoms with Crippen LogP contribution in [0.3, 0.4) is 0 Å². The van der Waals surface area contributed by atoms with E-state index >= 15 is 0 Å². The first-order valence-electron chi connectivity index (χ1n) is 11.2. The molecule has 1 atom stereocenters. The summed E-state index contributed by atoms with van der Waals surface area (Å²) in [5.41, 5.74) is 2.65. The second-order valence-corrected chi connectivity index (χ2v) is 12.3. The molecule has 0 saturated carbocycles. The zero-order valence-electron chi connectivity index (χ0n) is 21.2. The molecule has 39 heavy (non-hydrogen) atoms. The van der Waals surface area contributed by atoms with Crippen LogP contribution in [0, 0.1) is 0 Å². The van der Waals surface area contributed by atoms with E-state index in [0.717, 1.165) is 53.4 Å². The molecular weight excluding hydrogens is 619 g/mol. The first-order valence-corrected chi connectivity index (χ1v) is 15.5. The highest BCUT2D eigenvalue weighted by atomic mass is 35.5. The van der Waals surface area contributed by atoms with Gasteiger partial charge < -0.3 is 10.6 Å². The number of hydrogen-bond donors (Lipinski definition) is 3. The molecule has 1 unspecified atom stereocenters. The molecule has 1 saturated heterocycles. The zero-order chi connectivity index (χ0) is 28.5. The fraction of sp³-hybridized carbons (Fsp3) is 0.455. The minimum absolute atomic E-state index is 0. The molecule has 4 rings (SSSR count). The molecule has 0 bridgehead atoms. The van der Waals surface area contributed by atoms with Gasteiger partial charge in [-0.1, -0.05) is 53.2 Å². The third kappa shape index (κ3) is 12.1. The predicted octanol–water partition coefficient (Wildman–Crippen LogP) is 2.40. The van der Waals surface area contributed by atoms with Crippen molar-refractivity contribution in [2.24, 2.45) is 0 Å². The molecular formula is C22H32Cl2N2O10S3. The lowest BCUT2D eigenvalue weighted by molar-refractivity contribution is 0.0823. The number of rotatable bonds is 5. The van der Waals surface area contributed by atoms with E-state index in [0.29, 0.717) is 16.1 Å². The first kappa shape index (κ1) is 36.0. The van der Waals surface area contributed by atoms with E-state index in [1.807, 2.05) is 12.1 Å². The van der Waals surface area contributed by atoms with Crippen LogP contribution in [0.1, 0.15) is 17.2 Å². The second-order valence-electron chi connectivity index (χ2n) is 8.02. The maximum Gasteiger partial charge on any atom is 0.397 e. The summed E-state index contributed by atoms with van der Waals surface area (Å²) in [5, 5.41) is 10.4. The number of aliphatic hydroxyl groups excluding tert-OH is 1. The second kappa shape index (κ2) is 16.4. The Morgan fingerprint density at radius 2 is 1.44 bits per heavy atom. The fourth-order valence-electron chi connectivity index (χ4n) is 3.88. The Balaban J connectivity index is 0.000000494. The van der Waals surface area contributed by atoms with Gasteiger partial charge in [-0.25, -0.2) is 0 Å². The average molecular weight is 652 g/mol. The normalized spacial score (nSPS) is 17.7. The summed E-state index contributed by atoms with van der Waals surface area (Å²) < 4.78 is 59.4. The van der Waals surface area contributed by atoms with E-state index < -0.39 is 20.8 Å². The lowest BCUT2D eigenvalue weighted by atomic mass is 9.96. The molecule has 2 aromatic rings. The van der Waals surface area contributed by atoms with E-state index in [1.54, 1.807) is 11.8 Å². The average Bonchev–Trinajstić information content (AvgIpc) is 3.01. The molecule has 222 valence electrons. The Kier molecular flexibility index (Phi) is 15.1. The molecule has 2 aromatic carbocycles. The summed E-state index contributed by atoms with van der Waals surface area (Å²) in [6.07, 6.45) is 0.941. The van der Waals surface area contributed by atoms with Crippen LogP contribution in [-0.2, 0) is 35.6 Å². The van der Waals surface area contributed by atoms with Crippen molar-refractivity contribution in [2.75, 3.05) is 53.6 Å². The molecule has 0 aromatic heterocycles. The zero-order valence-corrected chi connectivity index (χ0v) is 25.1. The van der Waals surface area contributed by atoms with Crippen molar-refractivity contribution in [1.29, 1.82) is 0 Å². The van der Waals surface area contributed by atoms with E-state index in [4.69, 9.17) is 32.3 Å². The number of β-amino-alcohol motifs (C(OH)–C–C–N with tert-alkyl or cyclic N) is 1. The van der Waals surface area contributed by atoms with Gasteiger partial charge in [0.05, 0.1) is 30.9 Å². The molecule has 5 N–H and O–H groups in total. The van der Waals surface area contributed by atoms with Crippen LogP contribution in [0.2, 0.25) is 10.0 Å². The van der Waals surface area contributed by atoms with E-state index in [-0.39, 0.29) is 12.1 Å². The van der Waals surface area contributed by atoms with Crippen molar-refractivity contribution in [2.45, 2.75) is 22.3 Å². The first-order chi connectivity index (χ1) is 17.8. The van der Waals surface area contributed by atoms with Crippen LogP contribution >= 0.6 is 35.0 Å². The Bertz CT molecular complexity index is 1240. The van der Waals surface area contributed by atoms with Crippen LogP contribution in [0.5, 0.6) is 0 Å². The largest absolute Gasteiger partial charge is 0.412 e. The van der Waals surface area contributed by atoms with E-state index in [2.05, 4.69) is 42.4 Å². The minimum Gasteiger partial charge on any atom is -0.412 e. The van der Waals surface area contributed by atoms with Gasteiger partial charge in [0, 0.05) is 48.6 Å². The Morgan fingerprint density at radius 1 is 0.923 bits per heavy atom. The molecule has 2 heterocycles. The van der Waals surface area contributed by atoms with Gasteiger partial charge >= 0.3 is 20.8 Å². The summed E-state index contributed by atoms with van der Waals surface area (Å²) in [4.78, 5) is 7.41. The number of nitrogens with zero attached hydrogens (tertiary/aromatic N) is 2. The minimum atomic E-state index is -4.16. The maximum atomic E-state index is 9.33. The van der Waals surface area contributed by atoms with Gasteiger partial charge in [-0.05, 0) is 35.7 Å². The molecule has 17 heteroatoms. The number of hydrogen-bond acceptors (Lipinski definition) is 10. The summed E-state index contributed by atoms with van der Waals surface area (Å²) in [7, 11) is -6.58. The van der Waals surface area contributed by atoms with Gasteiger partial charge in [-0.2, -0.15) is 16.8 Å². The SMILES string of the molecule is COS(=O)(=O)O.COS(=O)(=O)O.O.OCCN1CCN(C2Cc3cc(Cl)c(Cl)cc3Sc3ccccc32)CC1. The van der Waals surface area contributed by atoms with Crippen LogP contribution < -0.4 is 0 Å². The van der Waals surface area contributed by atoms with Crippen molar-refractivity contribution in [3.63, 3.8) is 0 Å². The Hall–Kier alpha value is -1.05. The van der Waals surface area contributed by atoms with Gasteiger partial charge in [-0.15, -0.1) is 0 Å². The van der Waals surface area contributed by atoms with Gasteiger partial charge in [0.2, 0.25) is 0 Å². The van der Waals surface area contributed by atoms with Gasteiger partial charge in [0.1, 0.15) is 0 Å². The summed E-state index contributed by atoms with van der Waals surface area (Å²) in [5.74, 6) is 0. The number of piperazine rings is 1. The highest BCUT2D eigenvalue weighted by Crippen LogP contribution is 2.45. The Labute approximate surface area is 243 Å². The third-order valence-electron chi connectivity index (χ3n) is 5.70. The predicted molar refractivity (Wildman–Crippen MR) is 149 cm³/mol. The molecule has 0 aliphatic carbocycles. The smallest absolute Gasteiger partial charge is 0.397 e. The number of fused-ring (bicyclic) bond motifs is 2. The summed E-state index contributed by atoms with van der Waals surface area (Å²) >= 11 is 14.4. The molecule has 1 fully saturated rings. The molecule has 2 aliphatic heterocycles. The monoisotopic (exact) mass is 650 g/mol. The van der Waals surface area contributed by atoms with Crippen molar-refractivity contribution in [3.05, 3.63) is 57.6 Å². The molecule has 0 radical (unpaired) electrons. The lowest BCUT2D eigenvalue weighted by Crippen LogP contribution is -2.48. The summed E-state index contributed by atoms with van der Waals surface area (Å²) in [6.45, 7) is 5.03. The van der Waals surface area contributed by atoms with Crippen LogP contribution in [0.4, 0.5) is 0 Å². The molecule has 0 amide bonds. The van der Waals surface area contributed by atoms with Crippen LogP contribution in [0.25, 0.3) is 0 Å². The van der Waals surface area contributed by atoms with Crippen molar-refractivity contribution in [3.8, 4) is 0 Å². The molecule has 12 nitrogen and oxygen atoms in total. The van der Waals surface area contributed by atoms with E-state index in [1.165, 1.54) is 20.9 Å². The van der Waals surface area contributed by atoms with Crippen molar-refractivity contribution in [1.82, 2.24) is 9.80 Å². The van der Waals surface area contributed by atoms with Gasteiger partial charge in [0.25, 0.3) is 0 Å². The topological polar surface area (TPSA) is 185 Å². The number of halogens is 2. The van der Waals surface area contributed by atoms with Crippen molar-refractivity contribution >= 4 is 55.8 Å². The fourth-order valence-corrected chi connectivity index (χ4v) is 5.45. The Morgan fingerprint density at radius 3 is 1.95 bits per heavy atom. The number of aliphatic hydroxyl groups is 1. The van der Waals surface area contributed by atoms with Crippen LogP contribution in [0.15, 0.2) is 46.2 Å².